The fraction of sp³-hybridized carbons (Fsp3) is 0.190. The van der Waals surface area contributed by atoms with Crippen LogP contribution in [0.4, 0.5) is 5.69 Å². The fourth-order valence-corrected chi connectivity index (χ4v) is 2.73. The molecule has 1 amide bonds. The van der Waals surface area contributed by atoms with E-state index in [0.29, 0.717) is 22.3 Å². The number of rotatable bonds is 6. The van der Waals surface area contributed by atoms with Crippen LogP contribution in [0.3, 0.4) is 0 Å². The summed E-state index contributed by atoms with van der Waals surface area (Å²) in [6, 6.07) is 13.3. The first-order valence-corrected chi connectivity index (χ1v) is 8.91. The van der Waals surface area contributed by atoms with Gasteiger partial charge < -0.3 is 10.1 Å². The number of nitrogens with one attached hydrogen (secondary N) is 1. The second kappa shape index (κ2) is 8.47. The van der Waals surface area contributed by atoms with Crippen molar-refractivity contribution in [2.24, 2.45) is 0 Å². The molecule has 0 aliphatic rings. The van der Waals surface area contributed by atoms with Gasteiger partial charge in [-0.2, -0.15) is 0 Å². The molecule has 0 spiro atoms. The van der Waals surface area contributed by atoms with E-state index >= 15 is 0 Å². The maximum atomic E-state index is 12.3. The zero-order valence-corrected chi connectivity index (χ0v) is 15.9. The number of fused-ring (bicyclic) bond motifs is 1. The van der Waals surface area contributed by atoms with E-state index in [1.807, 2.05) is 0 Å². The van der Waals surface area contributed by atoms with Crippen molar-refractivity contribution in [2.75, 3.05) is 5.32 Å². The Hall–Kier alpha value is -3.81. The average molecular weight is 393 g/mol. The number of ether oxygens (including phenoxy) is 1. The van der Waals surface area contributed by atoms with E-state index in [1.54, 1.807) is 48.5 Å². The molecule has 0 bridgehead atoms. The van der Waals surface area contributed by atoms with Crippen LogP contribution in [0.1, 0.15) is 24.2 Å². The van der Waals surface area contributed by atoms with Crippen LogP contribution in [-0.2, 0) is 20.9 Å². The normalized spacial score (nSPS) is 11.7. The first-order chi connectivity index (χ1) is 13.8. The van der Waals surface area contributed by atoms with E-state index in [-0.39, 0.29) is 12.3 Å². The highest BCUT2D eigenvalue weighted by molar-refractivity contribution is 5.97. The SMILES string of the molecule is CC(=O)c1ccc(NC(=O)C(C)OC(=O)Cn2c(=O)cnc3ccccc32)cc1. The van der Waals surface area contributed by atoms with Crippen LogP contribution in [-0.4, -0.2) is 33.3 Å². The van der Waals surface area contributed by atoms with Crippen molar-refractivity contribution in [2.45, 2.75) is 26.5 Å². The van der Waals surface area contributed by atoms with E-state index < -0.39 is 23.5 Å². The number of aromatic nitrogens is 2. The second-order valence-electron chi connectivity index (χ2n) is 6.43. The van der Waals surface area contributed by atoms with Crippen molar-refractivity contribution in [3.05, 3.63) is 70.6 Å². The number of carbonyl (C=O) groups excluding carboxylic acids is 3. The molecular formula is C21H19N3O5. The summed E-state index contributed by atoms with van der Waals surface area (Å²) in [5, 5.41) is 2.61. The molecule has 1 atom stereocenters. The number of ketones is 1. The van der Waals surface area contributed by atoms with Crippen LogP contribution in [0.15, 0.2) is 59.5 Å². The molecule has 3 aromatic rings. The summed E-state index contributed by atoms with van der Waals surface area (Å²) < 4.78 is 6.41. The lowest BCUT2D eigenvalue weighted by Gasteiger charge is -2.15. The van der Waals surface area contributed by atoms with Gasteiger partial charge in [-0.3, -0.25) is 23.7 Å². The molecule has 2 aromatic carbocycles. The number of para-hydroxylation sites is 2. The highest BCUT2D eigenvalue weighted by atomic mass is 16.5. The minimum atomic E-state index is -1.07. The number of carbonyl (C=O) groups is 3. The number of benzene rings is 2. The number of anilines is 1. The lowest BCUT2D eigenvalue weighted by molar-refractivity contribution is -0.153. The quantitative estimate of drug-likeness (QED) is 0.508. The first-order valence-electron chi connectivity index (χ1n) is 8.91. The van der Waals surface area contributed by atoms with Crippen LogP contribution in [0.5, 0.6) is 0 Å². The molecule has 148 valence electrons. The topological polar surface area (TPSA) is 107 Å². The minimum absolute atomic E-state index is 0.0796. The largest absolute Gasteiger partial charge is 0.451 e. The standard InChI is InChI=1S/C21H19N3O5/c1-13(25)15-7-9-16(10-8-15)23-21(28)14(2)29-20(27)12-24-18-6-4-3-5-17(18)22-11-19(24)26/h3-11,14H,12H2,1-2H3,(H,23,28). The van der Waals surface area contributed by atoms with Crippen molar-refractivity contribution in [1.82, 2.24) is 9.55 Å². The van der Waals surface area contributed by atoms with Gasteiger partial charge in [0.15, 0.2) is 11.9 Å². The third-order valence-corrected chi connectivity index (χ3v) is 4.28. The summed E-state index contributed by atoms with van der Waals surface area (Å²) in [4.78, 5) is 52.0. The highest BCUT2D eigenvalue weighted by Gasteiger charge is 2.19. The summed E-state index contributed by atoms with van der Waals surface area (Å²) in [5.74, 6) is -1.33. The summed E-state index contributed by atoms with van der Waals surface area (Å²) in [6.45, 7) is 2.55. The van der Waals surface area contributed by atoms with Crippen LogP contribution in [0.25, 0.3) is 11.0 Å². The molecule has 1 N–H and O–H groups in total. The molecule has 0 aliphatic heterocycles. The van der Waals surface area contributed by atoms with E-state index in [0.717, 1.165) is 6.20 Å². The first kappa shape index (κ1) is 19.9. The molecule has 0 radical (unpaired) electrons. The third-order valence-electron chi connectivity index (χ3n) is 4.28. The van der Waals surface area contributed by atoms with Gasteiger partial charge in [-0.15, -0.1) is 0 Å². The lowest BCUT2D eigenvalue weighted by Crippen LogP contribution is -2.33. The van der Waals surface area contributed by atoms with E-state index in [9.17, 15) is 19.2 Å². The molecule has 0 saturated carbocycles. The summed E-state index contributed by atoms with van der Waals surface area (Å²) in [6.07, 6.45) is 0.0648. The molecular weight excluding hydrogens is 374 g/mol. The van der Waals surface area contributed by atoms with Crippen molar-refractivity contribution < 1.29 is 19.1 Å². The monoisotopic (exact) mass is 393 g/mol. The Morgan fingerprint density at radius 3 is 2.48 bits per heavy atom. The summed E-state index contributed by atoms with van der Waals surface area (Å²) >= 11 is 0. The predicted molar refractivity (Wildman–Crippen MR) is 107 cm³/mol. The van der Waals surface area contributed by atoms with Gasteiger partial charge in [0.2, 0.25) is 0 Å². The van der Waals surface area contributed by atoms with E-state index in [1.165, 1.54) is 18.4 Å². The maximum absolute atomic E-state index is 12.3. The Labute approximate surface area is 166 Å². The molecule has 8 heteroatoms. The average Bonchev–Trinajstić information content (AvgIpc) is 2.70. The number of hydrogen-bond donors (Lipinski definition) is 1. The zero-order chi connectivity index (χ0) is 21.0. The Morgan fingerprint density at radius 2 is 1.79 bits per heavy atom. The Bertz CT molecular complexity index is 1140. The molecule has 0 aliphatic carbocycles. The molecule has 0 saturated heterocycles. The number of hydrogen-bond acceptors (Lipinski definition) is 6. The molecule has 0 fully saturated rings. The Morgan fingerprint density at radius 1 is 1.10 bits per heavy atom. The number of esters is 1. The van der Waals surface area contributed by atoms with Crippen LogP contribution >= 0.6 is 0 Å². The summed E-state index contributed by atoms with van der Waals surface area (Å²) in [7, 11) is 0. The van der Waals surface area contributed by atoms with Gasteiger partial charge in [0, 0.05) is 11.3 Å². The number of amides is 1. The highest BCUT2D eigenvalue weighted by Crippen LogP contribution is 2.12. The maximum Gasteiger partial charge on any atom is 0.326 e. The smallest absolute Gasteiger partial charge is 0.326 e. The van der Waals surface area contributed by atoms with Gasteiger partial charge in [-0.05, 0) is 50.2 Å². The van der Waals surface area contributed by atoms with Gasteiger partial charge in [0.1, 0.15) is 6.54 Å². The van der Waals surface area contributed by atoms with E-state index in [4.69, 9.17) is 4.74 Å². The van der Waals surface area contributed by atoms with Gasteiger partial charge in [0.25, 0.3) is 11.5 Å². The van der Waals surface area contributed by atoms with Crippen molar-refractivity contribution in [3.8, 4) is 0 Å². The molecule has 1 unspecified atom stereocenters. The Balaban J connectivity index is 1.65. The van der Waals surface area contributed by atoms with Crippen LogP contribution < -0.4 is 10.9 Å². The van der Waals surface area contributed by atoms with Gasteiger partial charge in [0.05, 0.1) is 17.2 Å². The second-order valence-corrected chi connectivity index (χ2v) is 6.43. The van der Waals surface area contributed by atoms with Crippen molar-refractivity contribution in [3.63, 3.8) is 0 Å². The zero-order valence-electron chi connectivity index (χ0n) is 15.9. The van der Waals surface area contributed by atoms with Gasteiger partial charge >= 0.3 is 5.97 Å². The lowest BCUT2D eigenvalue weighted by atomic mass is 10.1. The Kier molecular flexibility index (Phi) is 5.82. The van der Waals surface area contributed by atoms with E-state index in [2.05, 4.69) is 10.3 Å². The van der Waals surface area contributed by atoms with Gasteiger partial charge in [-0.25, -0.2) is 4.98 Å². The molecule has 8 nitrogen and oxygen atoms in total. The molecule has 3 rings (SSSR count). The van der Waals surface area contributed by atoms with Gasteiger partial charge in [-0.1, -0.05) is 12.1 Å². The minimum Gasteiger partial charge on any atom is -0.451 e. The number of nitrogens with zero attached hydrogens (tertiary/aromatic N) is 2. The molecule has 1 heterocycles. The van der Waals surface area contributed by atoms with Crippen LogP contribution in [0, 0.1) is 0 Å². The van der Waals surface area contributed by atoms with Crippen molar-refractivity contribution in [1.29, 1.82) is 0 Å². The van der Waals surface area contributed by atoms with Crippen molar-refractivity contribution >= 4 is 34.4 Å². The molecule has 29 heavy (non-hydrogen) atoms. The predicted octanol–water partition coefficient (Wildman–Crippen LogP) is 2.17. The summed E-state index contributed by atoms with van der Waals surface area (Å²) in [5.41, 5.74) is 1.62. The fourth-order valence-electron chi connectivity index (χ4n) is 2.73. The van der Waals surface area contributed by atoms with Crippen LogP contribution in [0.2, 0.25) is 0 Å². The number of Topliss-reactive ketones (excluding diaryl/α,β-unsaturated/α-hetero) is 1. The molecule has 1 aromatic heterocycles. The third kappa shape index (κ3) is 4.73.